The third-order valence-electron chi connectivity index (χ3n) is 2.89. The number of nitrogens with one attached hydrogen (secondary N) is 2. The van der Waals surface area contributed by atoms with Gasteiger partial charge in [-0.25, -0.2) is 0 Å². The van der Waals surface area contributed by atoms with Crippen LogP contribution in [0.4, 0.5) is 0 Å². The van der Waals surface area contributed by atoms with Crippen molar-refractivity contribution >= 4 is 23.5 Å². The maximum atomic E-state index is 5.15. The molecule has 0 saturated carbocycles. The van der Waals surface area contributed by atoms with Gasteiger partial charge in [-0.05, 0) is 51.0 Å². The zero-order valence-electron chi connectivity index (χ0n) is 12.8. The molecule has 0 aliphatic carbocycles. The minimum Gasteiger partial charge on any atom is -0.383 e. The van der Waals surface area contributed by atoms with Crippen LogP contribution in [0.2, 0.25) is 0 Å². The first-order valence-corrected chi connectivity index (χ1v) is 7.01. The van der Waals surface area contributed by atoms with Gasteiger partial charge in [-0.2, -0.15) is 5.10 Å². The van der Waals surface area contributed by atoms with E-state index in [0.717, 1.165) is 5.56 Å². The van der Waals surface area contributed by atoms with Crippen molar-refractivity contribution in [1.82, 2.24) is 10.7 Å². The van der Waals surface area contributed by atoms with Crippen molar-refractivity contribution in [3.63, 3.8) is 0 Å². The Bertz CT molecular complexity index is 477. The smallest absolute Gasteiger partial charge is 0.187 e. The van der Waals surface area contributed by atoms with Crippen LogP contribution >= 0.6 is 12.2 Å². The predicted molar refractivity (Wildman–Crippen MR) is 88.5 cm³/mol. The van der Waals surface area contributed by atoms with E-state index < -0.39 is 0 Å². The molecule has 1 aromatic carbocycles. The predicted octanol–water partition coefficient (Wildman–Crippen LogP) is 2.44. The molecule has 5 heteroatoms. The molecule has 0 aliphatic heterocycles. The molecule has 1 atom stereocenters. The first-order chi connectivity index (χ1) is 9.43. The SMILES string of the molecule is COC[C@H](C)NC(=S)N/N=C\c1c(C)cc(C)cc1C. The Hall–Kier alpha value is -1.46. The normalized spacial score (nSPS) is 12.4. The quantitative estimate of drug-likeness (QED) is 0.497. The van der Waals surface area contributed by atoms with Crippen LogP contribution in [-0.2, 0) is 4.74 Å². The second-order valence-electron chi connectivity index (χ2n) is 5.01. The molecule has 0 bridgehead atoms. The topological polar surface area (TPSA) is 45.6 Å². The third-order valence-corrected chi connectivity index (χ3v) is 3.10. The highest BCUT2D eigenvalue weighted by Gasteiger charge is 2.03. The monoisotopic (exact) mass is 293 g/mol. The molecule has 0 radical (unpaired) electrons. The molecule has 1 rings (SSSR count). The lowest BCUT2D eigenvalue weighted by molar-refractivity contribution is 0.179. The highest BCUT2D eigenvalue weighted by atomic mass is 32.1. The molecule has 1 aromatic rings. The third kappa shape index (κ3) is 5.27. The molecule has 2 N–H and O–H groups in total. The van der Waals surface area contributed by atoms with E-state index in [4.69, 9.17) is 17.0 Å². The van der Waals surface area contributed by atoms with Crippen molar-refractivity contribution in [1.29, 1.82) is 0 Å². The minimum absolute atomic E-state index is 0.151. The lowest BCUT2D eigenvalue weighted by Gasteiger charge is -2.14. The lowest BCUT2D eigenvalue weighted by atomic mass is 10.0. The van der Waals surface area contributed by atoms with Crippen LogP contribution in [0.15, 0.2) is 17.2 Å². The van der Waals surface area contributed by atoms with Gasteiger partial charge in [0.2, 0.25) is 0 Å². The highest BCUT2D eigenvalue weighted by molar-refractivity contribution is 7.80. The lowest BCUT2D eigenvalue weighted by Crippen LogP contribution is -2.40. The second kappa shape index (κ2) is 7.97. The van der Waals surface area contributed by atoms with E-state index in [1.165, 1.54) is 16.7 Å². The zero-order valence-corrected chi connectivity index (χ0v) is 13.6. The number of hydrogen-bond donors (Lipinski definition) is 2. The van der Waals surface area contributed by atoms with Crippen molar-refractivity contribution in [2.24, 2.45) is 5.10 Å². The summed E-state index contributed by atoms with van der Waals surface area (Å²) >= 11 is 5.15. The standard InChI is InChI=1S/C15H23N3OS/c1-10-6-11(2)14(12(3)7-10)8-16-18-15(20)17-13(4)9-19-5/h6-8,13H,9H2,1-5H3,(H2,17,18,20)/b16-8-/t13-/m0/s1. The number of nitrogens with zero attached hydrogens (tertiary/aromatic N) is 1. The number of thiocarbonyl (C=S) groups is 1. The number of rotatable bonds is 5. The van der Waals surface area contributed by atoms with E-state index in [0.29, 0.717) is 11.7 Å². The van der Waals surface area contributed by atoms with Crippen molar-refractivity contribution < 1.29 is 4.74 Å². The van der Waals surface area contributed by atoms with Gasteiger partial charge >= 0.3 is 0 Å². The molecular formula is C15H23N3OS. The summed E-state index contributed by atoms with van der Waals surface area (Å²) in [5.74, 6) is 0. The zero-order chi connectivity index (χ0) is 15.1. The van der Waals surface area contributed by atoms with Gasteiger partial charge in [0.1, 0.15) is 0 Å². The summed E-state index contributed by atoms with van der Waals surface area (Å²) in [6.45, 7) is 8.85. The molecule has 0 aromatic heterocycles. The highest BCUT2D eigenvalue weighted by Crippen LogP contribution is 2.13. The Morgan fingerprint density at radius 2 is 1.95 bits per heavy atom. The first kappa shape index (κ1) is 16.6. The number of hydrogen-bond acceptors (Lipinski definition) is 3. The van der Waals surface area contributed by atoms with Crippen molar-refractivity contribution in [3.05, 3.63) is 34.4 Å². The van der Waals surface area contributed by atoms with Gasteiger partial charge in [0.25, 0.3) is 0 Å². The minimum atomic E-state index is 0.151. The van der Waals surface area contributed by atoms with Gasteiger partial charge < -0.3 is 10.1 Å². The van der Waals surface area contributed by atoms with Gasteiger partial charge in [0.15, 0.2) is 5.11 Å². The van der Waals surface area contributed by atoms with Crippen molar-refractivity contribution in [3.8, 4) is 0 Å². The molecule has 0 unspecified atom stereocenters. The van der Waals surface area contributed by atoms with Crippen molar-refractivity contribution in [2.45, 2.75) is 33.7 Å². The first-order valence-electron chi connectivity index (χ1n) is 6.60. The number of hydrazone groups is 1. The largest absolute Gasteiger partial charge is 0.383 e. The molecule has 0 amide bonds. The van der Waals surface area contributed by atoms with Gasteiger partial charge in [-0.1, -0.05) is 17.7 Å². The Morgan fingerprint density at radius 3 is 2.50 bits per heavy atom. The van der Waals surface area contributed by atoms with Gasteiger partial charge in [-0.3, -0.25) is 5.43 Å². The van der Waals surface area contributed by atoms with E-state index in [1.807, 2.05) is 6.92 Å². The maximum Gasteiger partial charge on any atom is 0.187 e. The molecule has 20 heavy (non-hydrogen) atoms. The summed E-state index contributed by atoms with van der Waals surface area (Å²) in [6, 6.07) is 4.44. The molecule has 0 aliphatic rings. The number of benzene rings is 1. The van der Waals surface area contributed by atoms with E-state index in [9.17, 15) is 0 Å². The van der Waals surface area contributed by atoms with E-state index >= 15 is 0 Å². The number of ether oxygens (including phenoxy) is 1. The molecular weight excluding hydrogens is 270 g/mol. The van der Waals surface area contributed by atoms with Crippen LogP contribution in [0.25, 0.3) is 0 Å². The van der Waals surface area contributed by atoms with Crippen LogP contribution in [0.3, 0.4) is 0 Å². The van der Waals surface area contributed by atoms with Crippen LogP contribution in [0.5, 0.6) is 0 Å². The Morgan fingerprint density at radius 1 is 1.35 bits per heavy atom. The summed E-state index contributed by atoms with van der Waals surface area (Å²) in [4.78, 5) is 0. The summed E-state index contributed by atoms with van der Waals surface area (Å²) in [5.41, 5.74) is 7.62. The van der Waals surface area contributed by atoms with E-state index in [2.05, 4.69) is 48.7 Å². The molecule has 4 nitrogen and oxygen atoms in total. The van der Waals surface area contributed by atoms with Gasteiger partial charge in [0, 0.05) is 18.7 Å². The van der Waals surface area contributed by atoms with Crippen LogP contribution in [0, 0.1) is 20.8 Å². The van der Waals surface area contributed by atoms with Crippen molar-refractivity contribution in [2.75, 3.05) is 13.7 Å². The number of methoxy groups -OCH3 is 1. The fourth-order valence-corrected chi connectivity index (χ4v) is 2.35. The molecule has 110 valence electrons. The maximum absolute atomic E-state index is 5.15. The van der Waals surface area contributed by atoms with Gasteiger partial charge in [0.05, 0.1) is 12.8 Å². The molecule has 0 heterocycles. The summed E-state index contributed by atoms with van der Waals surface area (Å²) in [6.07, 6.45) is 1.80. The Balaban J connectivity index is 2.59. The number of aryl methyl sites for hydroxylation is 3. The fourth-order valence-electron chi connectivity index (χ4n) is 2.10. The summed E-state index contributed by atoms with van der Waals surface area (Å²) in [7, 11) is 1.66. The van der Waals surface area contributed by atoms with Crippen LogP contribution in [0.1, 0.15) is 29.2 Å². The second-order valence-corrected chi connectivity index (χ2v) is 5.42. The van der Waals surface area contributed by atoms with E-state index in [1.54, 1.807) is 13.3 Å². The summed E-state index contributed by atoms with van der Waals surface area (Å²) in [5, 5.41) is 7.77. The average Bonchev–Trinajstić information content (AvgIpc) is 2.32. The molecule has 0 fully saturated rings. The molecule has 0 spiro atoms. The molecule has 0 saturated heterocycles. The fraction of sp³-hybridized carbons (Fsp3) is 0.467. The van der Waals surface area contributed by atoms with E-state index in [-0.39, 0.29) is 6.04 Å². The Labute approximate surface area is 126 Å². The summed E-state index contributed by atoms with van der Waals surface area (Å²) < 4.78 is 5.03. The van der Waals surface area contributed by atoms with Gasteiger partial charge in [-0.15, -0.1) is 0 Å². The average molecular weight is 293 g/mol. The van der Waals surface area contributed by atoms with Crippen LogP contribution in [-0.4, -0.2) is 31.1 Å². The van der Waals surface area contributed by atoms with Crippen LogP contribution < -0.4 is 10.7 Å². The Kier molecular flexibility index (Phi) is 6.61.